The predicted octanol–water partition coefficient (Wildman–Crippen LogP) is 3.49. The molecule has 0 aliphatic rings. The second-order valence-corrected chi connectivity index (χ2v) is 7.06. The maximum Gasteiger partial charge on any atom is 0.263 e. The Balaban J connectivity index is 2.40. The monoisotopic (exact) mass is 390 g/mol. The lowest BCUT2D eigenvalue weighted by Gasteiger charge is -2.11. The van der Waals surface area contributed by atoms with Crippen LogP contribution >= 0.6 is 27.5 Å². The summed E-state index contributed by atoms with van der Waals surface area (Å²) in [5, 5.41) is 0.0979. The third-order valence-electron chi connectivity index (χ3n) is 2.65. The Bertz CT molecular complexity index is 781. The van der Waals surface area contributed by atoms with Crippen molar-refractivity contribution >= 4 is 48.9 Å². The first-order valence-corrected chi connectivity index (χ1v) is 8.40. The fourth-order valence-electron chi connectivity index (χ4n) is 1.66. The highest BCUT2D eigenvalue weighted by molar-refractivity contribution is 9.10. The molecule has 3 N–H and O–H groups in total. The molecule has 0 saturated carbocycles. The highest BCUT2D eigenvalue weighted by Gasteiger charge is 2.19. The average molecular weight is 392 g/mol. The molecule has 2 rings (SSSR count). The quantitative estimate of drug-likeness (QED) is 0.782. The zero-order valence-corrected chi connectivity index (χ0v) is 14.1. The Morgan fingerprint density at radius 1 is 1.24 bits per heavy atom. The third-order valence-corrected chi connectivity index (χ3v) is 5.17. The third kappa shape index (κ3) is 3.61. The number of hydrogen-bond donors (Lipinski definition) is 2. The molecule has 0 aliphatic heterocycles. The summed E-state index contributed by atoms with van der Waals surface area (Å²) < 4.78 is 33.0. The van der Waals surface area contributed by atoms with Gasteiger partial charge in [-0.3, -0.25) is 4.72 Å². The van der Waals surface area contributed by atoms with Crippen LogP contribution in [0.25, 0.3) is 0 Å². The van der Waals surface area contributed by atoms with Gasteiger partial charge in [-0.25, -0.2) is 8.42 Å². The van der Waals surface area contributed by atoms with Crippen LogP contribution in [0.5, 0.6) is 5.75 Å². The molecule has 2 aromatic carbocycles. The zero-order valence-electron chi connectivity index (χ0n) is 10.9. The minimum absolute atomic E-state index is 0.0777. The fraction of sp³-hybridized carbons (Fsp3) is 0.0769. The zero-order chi connectivity index (χ0) is 15.6. The molecule has 8 heteroatoms. The van der Waals surface area contributed by atoms with Crippen molar-refractivity contribution in [3.8, 4) is 5.75 Å². The van der Waals surface area contributed by atoms with Gasteiger partial charge in [-0.1, -0.05) is 11.6 Å². The summed E-state index contributed by atoms with van der Waals surface area (Å²) in [6, 6.07) is 9.11. The van der Waals surface area contributed by atoms with Gasteiger partial charge in [-0.05, 0) is 46.3 Å². The van der Waals surface area contributed by atoms with Crippen LogP contribution in [0.1, 0.15) is 0 Å². The number of nitrogens with two attached hydrogens (primary N) is 1. The Hall–Kier alpha value is -1.44. The number of anilines is 2. The van der Waals surface area contributed by atoms with Gasteiger partial charge in [0.05, 0.1) is 22.3 Å². The average Bonchev–Trinajstić information content (AvgIpc) is 2.43. The van der Waals surface area contributed by atoms with E-state index < -0.39 is 10.0 Å². The lowest BCUT2D eigenvalue weighted by molar-refractivity contribution is 0.412. The van der Waals surface area contributed by atoms with E-state index in [0.717, 1.165) is 4.47 Å². The highest BCUT2D eigenvalue weighted by Crippen LogP contribution is 2.30. The molecule has 0 saturated heterocycles. The van der Waals surface area contributed by atoms with Crippen LogP contribution in [0.4, 0.5) is 11.4 Å². The highest BCUT2D eigenvalue weighted by atomic mass is 79.9. The van der Waals surface area contributed by atoms with Gasteiger partial charge in [-0.2, -0.15) is 0 Å². The van der Waals surface area contributed by atoms with E-state index in [1.165, 1.54) is 25.3 Å². The van der Waals surface area contributed by atoms with Gasteiger partial charge < -0.3 is 10.5 Å². The van der Waals surface area contributed by atoms with Crippen LogP contribution in [0.3, 0.4) is 0 Å². The summed E-state index contributed by atoms with van der Waals surface area (Å²) >= 11 is 9.22. The summed E-state index contributed by atoms with van der Waals surface area (Å²) in [6.07, 6.45) is 0. The molecule has 5 nitrogen and oxygen atoms in total. The van der Waals surface area contributed by atoms with Crippen molar-refractivity contribution < 1.29 is 13.2 Å². The first-order chi connectivity index (χ1) is 9.83. The molecular formula is C13H12BrClN2O3S. The van der Waals surface area contributed by atoms with Gasteiger partial charge in [0, 0.05) is 11.8 Å². The Morgan fingerprint density at radius 3 is 2.62 bits per heavy atom. The van der Waals surface area contributed by atoms with Crippen LogP contribution in [-0.2, 0) is 10.0 Å². The summed E-state index contributed by atoms with van der Waals surface area (Å²) in [7, 11) is -2.34. The van der Waals surface area contributed by atoms with E-state index in [0.29, 0.717) is 17.1 Å². The van der Waals surface area contributed by atoms with Gasteiger partial charge in [0.2, 0.25) is 0 Å². The molecule has 0 heterocycles. The molecule has 0 bridgehead atoms. The predicted molar refractivity (Wildman–Crippen MR) is 87.4 cm³/mol. The molecule has 0 spiro atoms. The topological polar surface area (TPSA) is 81.4 Å². The molecule has 0 amide bonds. The largest absolute Gasteiger partial charge is 0.495 e. The molecule has 112 valence electrons. The molecular weight excluding hydrogens is 380 g/mol. The number of methoxy groups -OCH3 is 1. The second-order valence-electron chi connectivity index (χ2n) is 4.14. The van der Waals surface area contributed by atoms with E-state index in [2.05, 4.69) is 20.7 Å². The van der Waals surface area contributed by atoms with Gasteiger partial charge in [0.1, 0.15) is 10.6 Å². The second kappa shape index (κ2) is 6.13. The number of hydrogen-bond acceptors (Lipinski definition) is 4. The number of ether oxygens (including phenoxy) is 1. The van der Waals surface area contributed by atoms with Gasteiger partial charge in [-0.15, -0.1) is 0 Å². The van der Waals surface area contributed by atoms with Crippen molar-refractivity contribution in [2.75, 3.05) is 17.6 Å². The molecule has 21 heavy (non-hydrogen) atoms. The molecule has 2 aromatic rings. The first-order valence-electron chi connectivity index (χ1n) is 5.75. The van der Waals surface area contributed by atoms with Gasteiger partial charge >= 0.3 is 0 Å². The maximum atomic E-state index is 12.4. The van der Waals surface area contributed by atoms with Crippen molar-refractivity contribution in [2.24, 2.45) is 0 Å². The Morgan fingerprint density at radius 2 is 1.95 bits per heavy atom. The van der Waals surface area contributed by atoms with Crippen molar-refractivity contribution in [1.82, 2.24) is 0 Å². The SMILES string of the molecule is COc1cc(NS(=O)(=O)c2cc(N)ccc2Cl)ccc1Br. The van der Waals surface area contributed by atoms with E-state index in [4.69, 9.17) is 22.1 Å². The fourth-order valence-corrected chi connectivity index (χ4v) is 3.65. The van der Waals surface area contributed by atoms with E-state index in [1.54, 1.807) is 18.2 Å². The molecule has 0 fully saturated rings. The Labute approximate surface area is 136 Å². The number of nitrogens with one attached hydrogen (secondary N) is 1. The Kier molecular flexibility index (Phi) is 4.65. The minimum atomic E-state index is -3.84. The minimum Gasteiger partial charge on any atom is -0.495 e. The van der Waals surface area contributed by atoms with E-state index in [9.17, 15) is 8.42 Å². The maximum absolute atomic E-state index is 12.4. The number of halogens is 2. The lowest BCUT2D eigenvalue weighted by atomic mass is 10.3. The number of rotatable bonds is 4. The van der Waals surface area contributed by atoms with Crippen molar-refractivity contribution in [2.45, 2.75) is 4.90 Å². The van der Waals surface area contributed by atoms with Crippen LogP contribution in [0.2, 0.25) is 5.02 Å². The molecule has 0 unspecified atom stereocenters. The van der Waals surface area contributed by atoms with Gasteiger partial charge in [0.25, 0.3) is 10.0 Å². The molecule has 0 aliphatic carbocycles. The molecule has 0 aromatic heterocycles. The standard InChI is InChI=1S/C13H12BrClN2O3S/c1-20-12-7-9(3-4-10(12)14)17-21(18,19)13-6-8(16)2-5-11(13)15/h2-7,17H,16H2,1H3. The van der Waals surface area contributed by atoms with Gasteiger partial charge in [0.15, 0.2) is 0 Å². The summed E-state index contributed by atoms with van der Waals surface area (Å²) in [6.45, 7) is 0. The summed E-state index contributed by atoms with van der Waals surface area (Å²) in [4.78, 5) is -0.0777. The van der Waals surface area contributed by atoms with Crippen molar-refractivity contribution in [3.63, 3.8) is 0 Å². The summed E-state index contributed by atoms with van der Waals surface area (Å²) in [5.74, 6) is 0.508. The first kappa shape index (κ1) is 15.9. The smallest absolute Gasteiger partial charge is 0.263 e. The van der Waals surface area contributed by atoms with E-state index in [-0.39, 0.29) is 9.92 Å². The van der Waals surface area contributed by atoms with Crippen molar-refractivity contribution in [1.29, 1.82) is 0 Å². The van der Waals surface area contributed by atoms with E-state index in [1.807, 2.05) is 0 Å². The lowest BCUT2D eigenvalue weighted by Crippen LogP contribution is -2.14. The number of benzene rings is 2. The van der Waals surface area contributed by atoms with Crippen LogP contribution < -0.4 is 15.2 Å². The van der Waals surface area contributed by atoms with Crippen LogP contribution in [0, 0.1) is 0 Å². The van der Waals surface area contributed by atoms with Crippen molar-refractivity contribution in [3.05, 3.63) is 45.9 Å². The van der Waals surface area contributed by atoms with Crippen LogP contribution in [0.15, 0.2) is 45.8 Å². The number of nitrogen functional groups attached to an aromatic ring is 1. The molecule has 0 atom stereocenters. The normalized spacial score (nSPS) is 11.2. The molecule has 0 radical (unpaired) electrons. The number of sulfonamides is 1. The van der Waals surface area contributed by atoms with E-state index >= 15 is 0 Å². The summed E-state index contributed by atoms with van der Waals surface area (Å²) in [5.41, 5.74) is 6.27. The van der Waals surface area contributed by atoms with Crippen LogP contribution in [-0.4, -0.2) is 15.5 Å².